The number of nitrogens with zero attached hydrogens (tertiary/aromatic N) is 5. The summed E-state index contributed by atoms with van der Waals surface area (Å²) in [5.41, 5.74) is 1.72. The van der Waals surface area contributed by atoms with Gasteiger partial charge in [-0.25, -0.2) is 4.98 Å². The highest BCUT2D eigenvalue weighted by molar-refractivity contribution is 7.81. The van der Waals surface area contributed by atoms with E-state index in [9.17, 15) is 37.6 Å². The van der Waals surface area contributed by atoms with Crippen molar-refractivity contribution < 1.29 is 46.6 Å². The number of hydrogen-bond donors (Lipinski definition) is 2. The van der Waals surface area contributed by atoms with E-state index >= 15 is 0 Å². The second kappa shape index (κ2) is 22.7. The van der Waals surface area contributed by atoms with Gasteiger partial charge in [-0.2, -0.15) is 18.4 Å². The lowest BCUT2D eigenvalue weighted by Gasteiger charge is -2.35. The Morgan fingerprint density at radius 2 is 1.62 bits per heavy atom. The number of benzene rings is 3. The minimum Gasteiger partial charge on any atom is -0.494 e. The summed E-state index contributed by atoms with van der Waals surface area (Å²) in [6, 6.07) is 18.0. The maximum Gasteiger partial charge on any atom is 0.417 e. The van der Waals surface area contributed by atoms with Crippen molar-refractivity contribution in [1.29, 1.82) is 5.26 Å². The van der Waals surface area contributed by atoms with Crippen LogP contribution in [0.15, 0.2) is 72.2 Å². The number of carbonyl (C=O) groups is 4. The number of halogens is 3. The Hall–Kier alpha value is -5.94. The molecule has 69 heavy (non-hydrogen) atoms. The van der Waals surface area contributed by atoms with Crippen LogP contribution in [-0.2, 0) is 41.4 Å². The van der Waals surface area contributed by atoms with Crippen molar-refractivity contribution in [2.75, 3.05) is 49.4 Å². The van der Waals surface area contributed by atoms with Gasteiger partial charge in [0.15, 0.2) is 5.11 Å². The van der Waals surface area contributed by atoms with Crippen LogP contribution in [0.1, 0.15) is 89.1 Å². The summed E-state index contributed by atoms with van der Waals surface area (Å²) in [5.74, 6) is -0.891. The third-order valence-corrected chi connectivity index (χ3v) is 13.2. The molecule has 2 fully saturated rings. The number of thiazole rings is 1. The Morgan fingerprint density at radius 3 is 2.28 bits per heavy atom. The van der Waals surface area contributed by atoms with Gasteiger partial charge in [0.05, 0.1) is 45.6 Å². The topological polar surface area (TPSA) is 166 Å². The first kappa shape index (κ1) is 52.4. The minimum absolute atomic E-state index is 0.000198. The summed E-state index contributed by atoms with van der Waals surface area (Å²) in [7, 11) is 0. The molecule has 2 aliphatic rings. The van der Waals surface area contributed by atoms with Crippen molar-refractivity contribution in [1.82, 2.24) is 20.5 Å². The van der Waals surface area contributed by atoms with Crippen LogP contribution in [0.25, 0.3) is 10.4 Å². The molecule has 19 heteroatoms. The molecule has 0 radical (unpaired) electrons. The number of nitrogens with one attached hydrogen (secondary N) is 2. The Kier molecular flexibility index (Phi) is 17.2. The van der Waals surface area contributed by atoms with E-state index in [-0.39, 0.29) is 35.8 Å². The van der Waals surface area contributed by atoms with E-state index in [1.807, 2.05) is 57.5 Å². The molecule has 2 atom stereocenters. The van der Waals surface area contributed by atoms with E-state index in [1.165, 1.54) is 6.07 Å². The predicted octanol–water partition coefficient (Wildman–Crippen LogP) is 8.35. The maximum absolute atomic E-state index is 13.9. The van der Waals surface area contributed by atoms with Crippen molar-refractivity contribution in [3.8, 4) is 22.3 Å². The number of ether oxygens (including phenoxy) is 3. The van der Waals surface area contributed by atoms with Gasteiger partial charge in [-0.05, 0) is 124 Å². The van der Waals surface area contributed by atoms with Crippen molar-refractivity contribution in [3.63, 3.8) is 0 Å². The fourth-order valence-electron chi connectivity index (χ4n) is 8.16. The Morgan fingerprint density at radius 1 is 0.957 bits per heavy atom. The fourth-order valence-corrected chi connectivity index (χ4v) is 9.49. The highest BCUT2D eigenvalue weighted by atomic mass is 32.1. The highest BCUT2D eigenvalue weighted by Gasteiger charge is 2.51. The van der Waals surface area contributed by atoms with Crippen LogP contribution in [0, 0.1) is 23.7 Å². The summed E-state index contributed by atoms with van der Waals surface area (Å²) in [5, 5.41) is 15.1. The number of nitriles is 1. The van der Waals surface area contributed by atoms with Gasteiger partial charge in [-0.1, -0.05) is 45.0 Å². The smallest absolute Gasteiger partial charge is 0.417 e. The molecule has 0 bridgehead atoms. The standard InChI is InChI=1S/C50H58F3N7O7S2/c1-32-42(69-31-56-32)34-14-12-33(13-15-34)29-55-44(62)40-11-9-22-58(40)45(63)43(48(2,3)4)57-41(61)30-66-25-10-24-65-23-7-8-26-67-38-20-18-36(19-21-38)60-47(68)59(46(64)49(60,5)6)37-17-16-35(28-54)39(27-37)50(51,52)53/h12-21,27,31,40,43H,7-11,22-26,29-30H2,1-6H3,(H,55,62)(H,57,61)/t40-,43?/m0/s1. The Bertz CT molecular complexity index is 2520. The van der Waals surface area contributed by atoms with Crippen molar-refractivity contribution in [2.45, 2.75) is 104 Å². The van der Waals surface area contributed by atoms with E-state index < -0.39 is 52.2 Å². The maximum atomic E-state index is 13.9. The Balaban J connectivity index is 0.857. The van der Waals surface area contributed by atoms with Gasteiger partial charge in [-0.3, -0.25) is 24.1 Å². The predicted molar refractivity (Wildman–Crippen MR) is 260 cm³/mol. The highest BCUT2D eigenvalue weighted by Crippen LogP contribution is 2.40. The van der Waals surface area contributed by atoms with Crippen molar-refractivity contribution in [2.24, 2.45) is 5.41 Å². The number of amides is 4. The van der Waals surface area contributed by atoms with Crippen molar-refractivity contribution >= 4 is 63.7 Å². The first-order chi connectivity index (χ1) is 32.7. The van der Waals surface area contributed by atoms with Crippen LogP contribution in [0.5, 0.6) is 5.75 Å². The van der Waals surface area contributed by atoms with Crippen molar-refractivity contribution in [3.05, 3.63) is 94.6 Å². The van der Waals surface area contributed by atoms with Gasteiger partial charge < -0.3 is 34.6 Å². The Labute approximate surface area is 410 Å². The van der Waals surface area contributed by atoms with Gasteiger partial charge >= 0.3 is 6.18 Å². The molecule has 3 aromatic carbocycles. The molecule has 368 valence electrons. The molecular formula is C50H58F3N7O7S2. The third kappa shape index (κ3) is 12.8. The van der Waals surface area contributed by atoms with Gasteiger partial charge in [0.2, 0.25) is 17.7 Å². The van der Waals surface area contributed by atoms with Crippen LogP contribution in [0.2, 0.25) is 0 Å². The second-order valence-corrected chi connectivity index (χ2v) is 19.7. The molecule has 4 aromatic rings. The molecule has 0 aliphatic carbocycles. The molecule has 4 amide bonds. The zero-order valence-corrected chi connectivity index (χ0v) is 41.2. The summed E-state index contributed by atoms with van der Waals surface area (Å²) < 4.78 is 58.3. The number of aromatic nitrogens is 1. The van der Waals surface area contributed by atoms with Gasteiger partial charge in [0.1, 0.15) is 30.0 Å². The number of hydrogen-bond acceptors (Lipinski definition) is 11. The van der Waals surface area contributed by atoms with E-state index in [1.54, 1.807) is 65.3 Å². The number of likely N-dealkylation sites (tertiary alicyclic amines) is 1. The minimum atomic E-state index is -4.80. The molecule has 2 saturated heterocycles. The number of thiocarbonyl (C=S) groups is 1. The summed E-state index contributed by atoms with van der Waals surface area (Å²) in [4.78, 5) is 63.4. The quantitative estimate of drug-likeness (QED) is 0.0646. The molecule has 3 heterocycles. The van der Waals surface area contributed by atoms with Crippen LogP contribution in [0.3, 0.4) is 0 Å². The molecule has 1 aromatic heterocycles. The molecule has 1 unspecified atom stereocenters. The molecule has 2 N–H and O–H groups in total. The average Bonchev–Trinajstić information content (AvgIpc) is 4.02. The van der Waals surface area contributed by atoms with Crippen LogP contribution in [-0.4, -0.2) is 95.8 Å². The summed E-state index contributed by atoms with van der Waals surface area (Å²) in [6.07, 6.45) is -1.59. The summed E-state index contributed by atoms with van der Waals surface area (Å²) >= 11 is 7.21. The number of anilines is 2. The molecule has 0 saturated carbocycles. The first-order valence-electron chi connectivity index (χ1n) is 22.8. The third-order valence-electron chi connectivity index (χ3n) is 11.9. The SMILES string of the molecule is Cc1ncsc1-c1ccc(CNC(=O)[C@@H]2CCCN2C(=O)C(NC(=O)COCCCOCCCCOc2ccc(N3C(=S)N(c4ccc(C#N)c(C(F)(F)F)c4)C(=O)C3(C)C)cc2)C(C)(C)C)cc1. The first-order valence-corrected chi connectivity index (χ1v) is 24.1. The molecule has 6 rings (SSSR count). The zero-order chi connectivity index (χ0) is 50.1. The number of rotatable bonds is 20. The average molecular weight is 990 g/mol. The molecule has 0 spiro atoms. The van der Waals surface area contributed by atoms with Crippen LogP contribution < -0.4 is 25.2 Å². The lowest BCUT2D eigenvalue weighted by atomic mass is 9.85. The van der Waals surface area contributed by atoms with Crippen LogP contribution >= 0.6 is 23.6 Å². The second-order valence-electron chi connectivity index (χ2n) is 18.5. The largest absolute Gasteiger partial charge is 0.494 e. The monoisotopic (exact) mass is 989 g/mol. The van der Waals surface area contributed by atoms with Crippen LogP contribution in [0.4, 0.5) is 24.5 Å². The lowest BCUT2D eigenvalue weighted by Crippen LogP contribution is -2.58. The number of unbranched alkanes of at least 4 members (excludes halogenated alkanes) is 1. The summed E-state index contributed by atoms with van der Waals surface area (Å²) in [6.45, 7) is 13.0. The van der Waals surface area contributed by atoms with E-state index in [2.05, 4.69) is 15.6 Å². The zero-order valence-electron chi connectivity index (χ0n) is 39.6. The van der Waals surface area contributed by atoms with Gasteiger partial charge in [-0.15, -0.1) is 11.3 Å². The molecule has 2 aliphatic heterocycles. The van der Waals surface area contributed by atoms with Gasteiger partial charge in [0.25, 0.3) is 5.91 Å². The van der Waals surface area contributed by atoms with E-state index in [0.717, 1.165) is 45.2 Å². The lowest BCUT2D eigenvalue weighted by molar-refractivity contribution is -0.144. The van der Waals surface area contributed by atoms with Gasteiger partial charge in [0, 0.05) is 38.6 Å². The molecule has 14 nitrogen and oxygen atoms in total. The number of carbonyl (C=O) groups excluding carboxylic acids is 4. The van der Waals surface area contributed by atoms with E-state index in [0.29, 0.717) is 70.0 Å². The normalized spacial score (nSPS) is 16.4. The number of alkyl halides is 3. The number of aryl methyl sites for hydroxylation is 1. The molecular weight excluding hydrogens is 932 g/mol. The fraction of sp³-hybridized carbons (Fsp3) is 0.460. The van der Waals surface area contributed by atoms with E-state index in [4.69, 9.17) is 26.4 Å².